The molecule has 3 aromatic carbocycles. The molecule has 37 heavy (non-hydrogen) atoms. The third-order valence-electron chi connectivity index (χ3n) is 7.78. The maximum atomic E-state index is 15.8. The standard InChI is InChI=1S/C28H26FN5O3/c29-21-11-19-23-27(24(21)32-9-7-16(30)12-32)37-26-18-4-2-1-3-15(18)5-6-22(26)34(23)14-20(25(19)35)28(36)33-10-8-17(31)13-33/h1-6,11,14,16-17H,7-10,12-13,30-31H2/t16-,17-/m1/s1. The number of hydrogen-bond donors (Lipinski definition) is 2. The summed E-state index contributed by atoms with van der Waals surface area (Å²) in [5.41, 5.74) is 13.0. The molecule has 3 aliphatic rings. The van der Waals surface area contributed by atoms with Crippen LogP contribution in [0.5, 0.6) is 11.5 Å². The van der Waals surface area contributed by atoms with Gasteiger partial charge < -0.3 is 30.6 Å². The Bertz CT molecular complexity index is 1680. The first-order chi connectivity index (χ1) is 17.9. The van der Waals surface area contributed by atoms with E-state index >= 15 is 4.39 Å². The number of amides is 1. The lowest BCUT2D eigenvalue weighted by Crippen LogP contribution is -2.35. The van der Waals surface area contributed by atoms with Crippen LogP contribution in [0, 0.1) is 5.82 Å². The van der Waals surface area contributed by atoms with Crippen LogP contribution in [-0.2, 0) is 0 Å². The van der Waals surface area contributed by atoms with Gasteiger partial charge in [-0.05, 0) is 30.4 Å². The van der Waals surface area contributed by atoms with Gasteiger partial charge in [0.1, 0.15) is 16.8 Å². The molecule has 3 aliphatic heterocycles. The van der Waals surface area contributed by atoms with Gasteiger partial charge in [0.2, 0.25) is 5.43 Å². The van der Waals surface area contributed by atoms with E-state index in [9.17, 15) is 9.59 Å². The Kier molecular flexibility index (Phi) is 4.83. The number of carbonyl (C=O) groups excluding carboxylic acids is 1. The molecule has 1 aromatic heterocycles. The molecule has 4 heterocycles. The zero-order valence-corrected chi connectivity index (χ0v) is 20.1. The molecule has 4 aromatic rings. The number of fused-ring (bicyclic) bond motifs is 4. The molecule has 9 heteroatoms. The third kappa shape index (κ3) is 3.27. The molecule has 0 aliphatic carbocycles. The average Bonchev–Trinajstić information content (AvgIpc) is 3.53. The summed E-state index contributed by atoms with van der Waals surface area (Å²) in [5.74, 6) is -0.148. The van der Waals surface area contributed by atoms with Crippen molar-refractivity contribution in [3.05, 3.63) is 70.3 Å². The van der Waals surface area contributed by atoms with Crippen LogP contribution in [0.1, 0.15) is 23.2 Å². The van der Waals surface area contributed by atoms with Gasteiger partial charge in [-0.25, -0.2) is 4.39 Å². The summed E-state index contributed by atoms with van der Waals surface area (Å²) >= 11 is 0. The zero-order chi connectivity index (χ0) is 25.4. The van der Waals surface area contributed by atoms with Gasteiger partial charge in [-0.2, -0.15) is 0 Å². The number of nitrogens with two attached hydrogens (primary N) is 2. The summed E-state index contributed by atoms with van der Waals surface area (Å²) in [5, 5.41) is 1.92. The van der Waals surface area contributed by atoms with Gasteiger partial charge in [-0.3, -0.25) is 9.59 Å². The topological polar surface area (TPSA) is 107 Å². The number of rotatable bonds is 2. The largest absolute Gasteiger partial charge is 0.450 e. The zero-order valence-electron chi connectivity index (χ0n) is 20.1. The Labute approximate surface area is 211 Å². The fourth-order valence-electron chi connectivity index (χ4n) is 5.91. The summed E-state index contributed by atoms with van der Waals surface area (Å²) in [4.78, 5) is 30.6. The Morgan fingerprint density at radius 1 is 0.973 bits per heavy atom. The lowest BCUT2D eigenvalue weighted by atomic mass is 10.0. The van der Waals surface area contributed by atoms with Gasteiger partial charge in [0.25, 0.3) is 5.91 Å². The van der Waals surface area contributed by atoms with Crippen LogP contribution in [0.3, 0.4) is 0 Å². The molecule has 0 saturated carbocycles. The van der Waals surface area contributed by atoms with E-state index < -0.39 is 17.2 Å². The van der Waals surface area contributed by atoms with Crippen molar-refractivity contribution in [1.82, 2.24) is 9.47 Å². The fourth-order valence-corrected chi connectivity index (χ4v) is 5.91. The van der Waals surface area contributed by atoms with Gasteiger partial charge in [-0.1, -0.05) is 30.3 Å². The lowest BCUT2D eigenvalue weighted by molar-refractivity contribution is 0.0789. The van der Waals surface area contributed by atoms with Gasteiger partial charge in [0, 0.05) is 49.8 Å². The molecule has 4 N–H and O–H groups in total. The highest BCUT2D eigenvalue weighted by Crippen LogP contribution is 2.49. The second-order valence-electron chi connectivity index (χ2n) is 10.2. The first-order valence-electron chi connectivity index (χ1n) is 12.6. The fraction of sp³-hybridized carbons (Fsp3) is 0.286. The summed E-state index contributed by atoms with van der Waals surface area (Å²) in [7, 11) is 0. The maximum absolute atomic E-state index is 15.8. The average molecular weight is 500 g/mol. The van der Waals surface area contributed by atoms with Crippen molar-refractivity contribution >= 4 is 33.3 Å². The van der Waals surface area contributed by atoms with Gasteiger partial charge in [-0.15, -0.1) is 0 Å². The highest BCUT2D eigenvalue weighted by molar-refractivity contribution is 6.03. The number of nitrogens with zero attached hydrogens (tertiary/aromatic N) is 3. The van der Waals surface area contributed by atoms with E-state index in [4.69, 9.17) is 16.2 Å². The van der Waals surface area contributed by atoms with E-state index in [1.54, 1.807) is 15.7 Å². The number of ether oxygens (including phenoxy) is 1. The molecular formula is C28H26FN5O3. The summed E-state index contributed by atoms with van der Waals surface area (Å²) in [6, 6.07) is 12.7. The molecule has 0 spiro atoms. The molecule has 0 radical (unpaired) electrons. The number of aromatic nitrogens is 1. The second kappa shape index (κ2) is 8.03. The minimum absolute atomic E-state index is 0.0103. The number of halogens is 1. The quantitative estimate of drug-likeness (QED) is 0.387. The smallest absolute Gasteiger partial charge is 0.259 e. The van der Waals surface area contributed by atoms with E-state index in [1.807, 2.05) is 41.3 Å². The van der Waals surface area contributed by atoms with Crippen molar-refractivity contribution < 1.29 is 13.9 Å². The highest BCUT2D eigenvalue weighted by atomic mass is 19.1. The Balaban J connectivity index is 1.54. The molecule has 2 fully saturated rings. The lowest BCUT2D eigenvalue weighted by Gasteiger charge is -2.30. The molecule has 1 amide bonds. The number of carbonyl (C=O) groups is 1. The van der Waals surface area contributed by atoms with Crippen LogP contribution in [0.4, 0.5) is 10.1 Å². The van der Waals surface area contributed by atoms with Crippen molar-refractivity contribution in [3.8, 4) is 17.2 Å². The SMILES string of the molecule is N[C@@H]1CCN(C(=O)c2cn3c4c(c(N5CC[C@@H](N)C5)c(F)cc4c2=O)Oc2c-3ccc3ccccc23)C1. The predicted molar refractivity (Wildman–Crippen MR) is 140 cm³/mol. The Hall–Kier alpha value is -3.95. The maximum Gasteiger partial charge on any atom is 0.259 e. The van der Waals surface area contributed by atoms with E-state index in [2.05, 4.69) is 0 Å². The minimum atomic E-state index is -0.572. The van der Waals surface area contributed by atoms with Gasteiger partial charge in [0.05, 0.1) is 11.1 Å². The summed E-state index contributed by atoms with van der Waals surface area (Å²) in [6.07, 6.45) is 2.98. The normalized spacial score (nSPS) is 20.5. The van der Waals surface area contributed by atoms with Crippen LogP contribution in [0.25, 0.3) is 27.4 Å². The Morgan fingerprint density at radius 3 is 2.51 bits per heavy atom. The van der Waals surface area contributed by atoms with Crippen LogP contribution in [-0.4, -0.2) is 53.6 Å². The number of benzene rings is 3. The number of hydrogen-bond acceptors (Lipinski definition) is 6. The van der Waals surface area contributed by atoms with Crippen molar-refractivity contribution in [2.24, 2.45) is 11.5 Å². The predicted octanol–water partition coefficient (Wildman–Crippen LogP) is 3.10. The van der Waals surface area contributed by atoms with Crippen LogP contribution >= 0.6 is 0 Å². The van der Waals surface area contributed by atoms with Crippen LogP contribution < -0.4 is 26.5 Å². The summed E-state index contributed by atoms with van der Waals surface area (Å²) in [6.45, 7) is 1.93. The van der Waals surface area contributed by atoms with Gasteiger partial charge >= 0.3 is 0 Å². The first-order valence-corrected chi connectivity index (χ1v) is 12.6. The molecule has 188 valence electrons. The molecular weight excluding hydrogens is 473 g/mol. The summed E-state index contributed by atoms with van der Waals surface area (Å²) < 4.78 is 24.1. The molecule has 2 atom stereocenters. The first kappa shape index (κ1) is 22.3. The van der Waals surface area contributed by atoms with Crippen molar-refractivity contribution in [3.63, 3.8) is 0 Å². The molecule has 0 unspecified atom stereocenters. The monoisotopic (exact) mass is 499 g/mol. The van der Waals surface area contributed by atoms with E-state index in [0.717, 1.165) is 17.2 Å². The molecule has 2 saturated heterocycles. The van der Waals surface area contributed by atoms with Crippen molar-refractivity contribution in [2.75, 3.05) is 31.1 Å². The second-order valence-corrected chi connectivity index (χ2v) is 10.2. The number of likely N-dealkylation sites (tertiary alicyclic amines) is 1. The number of anilines is 1. The van der Waals surface area contributed by atoms with E-state index in [-0.39, 0.29) is 34.5 Å². The van der Waals surface area contributed by atoms with Gasteiger partial charge in [0.15, 0.2) is 17.3 Å². The third-order valence-corrected chi connectivity index (χ3v) is 7.78. The molecule has 8 nitrogen and oxygen atoms in total. The van der Waals surface area contributed by atoms with Crippen LogP contribution in [0.2, 0.25) is 0 Å². The molecule has 7 rings (SSSR count). The number of pyridine rings is 1. The van der Waals surface area contributed by atoms with Crippen LogP contribution in [0.15, 0.2) is 53.5 Å². The van der Waals surface area contributed by atoms with E-state index in [0.29, 0.717) is 49.6 Å². The van der Waals surface area contributed by atoms with Crippen molar-refractivity contribution in [2.45, 2.75) is 24.9 Å². The van der Waals surface area contributed by atoms with Crippen molar-refractivity contribution in [1.29, 1.82) is 0 Å². The Morgan fingerprint density at radius 2 is 1.76 bits per heavy atom. The highest BCUT2D eigenvalue weighted by Gasteiger charge is 2.34. The molecule has 0 bridgehead atoms. The van der Waals surface area contributed by atoms with E-state index in [1.165, 1.54) is 6.07 Å². The minimum Gasteiger partial charge on any atom is -0.450 e.